The van der Waals surface area contributed by atoms with Gasteiger partial charge in [0.15, 0.2) is 0 Å². The van der Waals surface area contributed by atoms with E-state index in [1.807, 2.05) is 0 Å². The maximum Gasteiger partial charge on any atom is 0.453 e. The van der Waals surface area contributed by atoms with E-state index in [1.165, 1.54) is 48.5 Å². The van der Waals surface area contributed by atoms with E-state index in [-0.39, 0.29) is 11.4 Å². The van der Waals surface area contributed by atoms with Crippen molar-refractivity contribution in [3.8, 4) is 0 Å². The molecule has 43 heavy (non-hydrogen) atoms. The first-order chi connectivity index (χ1) is 20.2. The molecule has 18 heteroatoms. The van der Waals surface area contributed by atoms with Gasteiger partial charge in [0.2, 0.25) is 0 Å². The van der Waals surface area contributed by atoms with Crippen LogP contribution in [0.2, 0.25) is 0 Å². The van der Waals surface area contributed by atoms with Gasteiger partial charge < -0.3 is 20.1 Å². The fourth-order valence-corrected chi connectivity index (χ4v) is 5.50. The molecule has 1 atom stereocenters. The Morgan fingerprint density at radius 1 is 0.651 bits per heavy atom. The molecule has 0 aliphatic heterocycles. The van der Waals surface area contributed by atoms with Crippen LogP contribution in [0.5, 0.6) is 0 Å². The Balaban J connectivity index is 1.63. The first-order valence-electron chi connectivity index (χ1n) is 11.7. The van der Waals surface area contributed by atoms with Crippen LogP contribution in [0.25, 0.3) is 4.13 Å². The number of anilines is 6. The third-order valence-electron chi connectivity index (χ3n) is 5.43. The Labute approximate surface area is 243 Å². The fraction of sp³-hybridized carbons (Fsp3) is 0.0400. The second-order valence-electron chi connectivity index (χ2n) is 8.56. The zero-order chi connectivity index (χ0) is 31.4. The maximum absolute atomic E-state index is 12.5. The van der Waals surface area contributed by atoms with Crippen molar-refractivity contribution in [2.45, 2.75) is 10.4 Å². The van der Waals surface area contributed by atoms with Gasteiger partial charge in [0.25, 0.3) is 11.4 Å². The number of alkyl halides is 3. The smallest absolute Gasteiger partial charge is 0.452 e. The van der Waals surface area contributed by atoms with E-state index in [1.54, 1.807) is 30.3 Å². The molecule has 0 saturated heterocycles. The Morgan fingerprint density at radius 3 is 1.47 bits per heavy atom. The summed E-state index contributed by atoms with van der Waals surface area (Å²) in [7, 11) is -8.83. The summed E-state index contributed by atoms with van der Waals surface area (Å²) in [5.41, 5.74) is -3.37. The van der Waals surface area contributed by atoms with Gasteiger partial charge in [0.1, 0.15) is 10.0 Å². The van der Waals surface area contributed by atoms with Crippen molar-refractivity contribution in [1.82, 2.24) is 0 Å². The lowest BCUT2D eigenvalue weighted by Gasteiger charge is -2.21. The minimum atomic E-state index is -5.34. The van der Waals surface area contributed by atoms with Crippen molar-refractivity contribution in [2.24, 2.45) is 0 Å². The quantitative estimate of drug-likeness (QED) is 0.115. The highest BCUT2D eigenvalue weighted by atomic mass is 32.3. The second-order valence-corrected chi connectivity index (χ2v) is 11.5. The summed E-state index contributed by atoms with van der Waals surface area (Å²) in [5.74, 6) is 0. The van der Waals surface area contributed by atoms with E-state index in [9.17, 15) is 46.0 Å². The number of nitrogens with zero attached hydrogens (tertiary/aromatic N) is 3. The molecule has 4 rings (SSSR count). The van der Waals surface area contributed by atoms with Gasteiger partial charge in [0, 0.05) is 74.3 Å². The Hall–Kier alpha value is -5.07. The molecule has 0 radical (unpaired) electrons. The van der Waals surface area contributed by atoms with Crippen molar-refractivity contribution in [2.75, 3.05) is 16.0 Å². The van der Waals surface area contributed by atoms with Gasteiger partial charge in [-0.25, -0.2) is 8.42 Å². The van der Waals surface area contributed by atoms with Gasteiger partial charge in [-0.3, -0.25) is 24.4 Å². The molecule has 13 nitrogen and oxygen atoms in total. The number of hydrogen-bond acceptors (Lipinski definition) is 10. The minimum Gasteiger partial charge on any atom is -0.452 e. The SMILES string of the molecule is O=[N+]([O-])c1cccc(Nc2cc(Nc3ccc(S(=O)(=O)[N-]S(=O)C(F)(F)F)cc3)cc(Nc3cccc([N+](=O)[O-])c3)c2)c1. The molecule has 4 aromatic carbocycles. The van der Waals surface area contributed by atoms with Crippen molar-refractivity contribution in [3.63, 3.8) is 0 Å². The predicted octanol–water partition coefficient (Wildman–Crippen LogP) is 6.98. The molecule has 0 fully saturated rings. The van der Waals surface area contributed by atoms with Gasteiger partial charge in [-0.05, 0) is 54.6 Å². The van der Waals surface area contributed by atoms with Gasteiger partial charge in [-0.1, -0.05) is 12.1 Å². The molecule has 4 aromatic rings. The molecule has 0 spiro atoms. The summed E-state index contributed by atoms with van der Waals surface area (Å²) in [6.45, 7) is 0. The molecule has 3 N–H and O–H groups in total. The number of non-ortho nitro benzene ring substituents is 2. The number of hydrogen-bond donors (Lipinski definition) is 3. The van der Waals surface area contributed by atoms with Crippen molar-refractivity contribution in [3.05, 3.63) is 115 Å². The zero-order valence-electron chi connectivity index (χ0n) is 21.3. The lowest BCUT2D eigenvalue weighted by atomic mass is 10.2. The van der Waals surface area contributed by atoms with E-state index in [4.69, 9.17) is 0 Å². The molecular weight excluding hydrogens is 617 g/mol. The van der Waals surface area contributed by atoms with Crippen LogP contribution in [-0.4, -0.2) is 28.0 Å². The van der Waals surface area contributed by atoms with E-state index >= 15 is 0 Å². The highest BCUT2D eigenvalue weighted by molar-refractivity contribution is 8.09. The van der Waals surface area contributed by atoms with Crippen molar-refractivity contribution >= 4 is 66.5 Å². The molecule has 0 amide bonds. The number of benzene rings is 4. The molecule has 0 heterocycles. The van der Waals surface area contributed by atoms with Crippen LogP contribution < -0.4 is 16.0 Å². The van der Waals surface area contributed by atoms with Crippen LogP contribution in [0.4, 0.5) is 58.7 Å². The van der Waals surface area contributed by atoms with Gasteiger partial charge in [-0.15, -0.1) is 0 Å². The average Bonchev–Trinajstić information content (AvgIpc) is 2.93. The summed E-state index contributed by atoms with van der Waals surface area (Å²) in [6, 6.07) is 20.7. The van der Waals surface area contributed by atoms with Gasteiger partial charge in [0.05, 0.1) is 9.85 Å². The Bertz CT molecular complexity index is 1740. The standard InChI is InChI=1S/C25H18F3N6O7S2/c26-25(27,28)42(39)32-43(40,41)24-9-7-16(8-10-24)29-19-11-20(30-17-3-1-5-22(14-17)33(35)36)13-21(12-19)31-18-4-2-6-23(15-18)34(37)38/h1-15,29-31H/q-1. The third-order valence-corrected chi connectivity index (χ3v) is 8.02. The second kappa shape index (κ2) is 12.4. The number of sulfonamides is 1. The summed E-state index contributed by atoms with van der Waals surface area (Å²) in [4.78, 5) is 20.6. The summed E-state index contributed by atoms with van der Waals surface area (Å²) in [5, 5.41) is 31.4. The zero-order valence-corrected chi connectivity index (χ0v) is 22.9. The van der Waals surface area contributed by atoms with Crippen LogP contribution in [0.15, 0.2) is 95.9 Å². The Kier molecular flexibility index (Phi) is 8.93. The monoisotopic (exact) mass is 635 g/mol. The lowest BCUT2D eigenvalue weighted by molar-refractivity contribution is -0.385. The van der Waals surface area contributed by atoms with Crippen molar-refractivity contribution < 1.29 is 35.6 Å². The molecule has 1 unspecified atom stereocenters. The van der Waals surface area contributed by atoms with Crippen LogP contribution in [0.3, 0.4) is 0 Å². The topological polar surface area (TPSA) is 188 Å². The molecule has 0 bridgehead atoms. The van der Waals surface area contributed by atoms with Gasteiger partial charge in [-0.2, -0.15) is 13.2 Å². The lowest BCUT2D eigenvalue weighted by Crippen LogP contribution is -2.17. The Morgan fingerprint density at radius 2 is 1.07 bits per heavy atom. The summed E-state index contributed by atoms with van der Waals surface area (Å²) < 4.78 is 75.4. The summed E-state index contributed by atoms with van der Waals surface area (Å²) in [6.07, 6.45) is 0. The van der Waals surface area contributed by atoms with E-state index in [0.717, 1.165) is 12.1 Å². The average molecular weight is 636 g/mol. The number of nitro groups is 2. The number of rotatable bonds is 11. The molecular formula is C25H18F3N6O7S2-. The van der Waals surface area contributed by atoms with E-state index in [0.29, 0.717) is 34.1 Å². The number of halogens is 3. The highest BCUT2D eigenvalue weighted by Gasteiger charge is 2.32. The van der Waals surface area contributed by atoms with Gasteiger partial charge >= 0.3 is 5.51 Å². The first-order valence-corrected chi connectivity index (χ1v) is 14.3. The molecule has 224 valence electrons. The molecule has 0 aliphatic rings. The van der Waals surface area contributed by atoms with Crippen molar-refractivity contribution in [1.29, 1.82) is 0 Å². The predicted molar refractivity (Wildman–Crippen MR) is 154 cm³/mol. The maximum atomic E-state index is 12.5. The largest absolute Gasteiger partial charge is 0.453 e. The molecule has 0 saturated carbocycles. The minimum absolute atomic E-state index is 0.157. The van der Waals surface area contributed by atoms with E-state index < -0.39 is 41.3 Å². The van der Waals surface area contributed by atoms with Crippen LogP contribution in [-0.2, 0) is 21.0 Å². The summed E-state index contributed by atoms with van der Waals surface area (Å²) >= 11 is 0. The van der Waals surface area contributed by atoms with Crippen LogP contribution in [0.1, 0.15) is 0 Å². The van der Waals surface area contributed by atoms with E-state index in [2.05, 4.69) is 20.1 Å². The van der Waals surface area contributed by atoms with Crippen LogP contribution >= 0.6 is 0 Å². The normalized spacial score (nSPS) is 12.3. The first kappa shape index (κ1) is 30.9. The molecule has 0 aromatic heterocycles. The van der Waals surface area contributed by atoms with Crippen LogP contribution in [0, 0.1) is 20.2 Å². The third kappa shape index (κ3) is 8.24. The fourth-order valence-electron chi connectivity index (χ4n) is 3.62. The molecule has 0 aliphatic carbocycles. The highest BCUT2D eigenvalue weighted by Crippen LogP contribution is 2.33. The number of nitro benzene ring substituents is 2. The number of nitrogens with one attached hydrogen (secondary N) is 3.